The van der Waals surface area contributed by atoms with E-state index in [0.717, 1.165) is 44.2 Å². The molecule has 29 heavy (non-hydrogen) atoms. The highest BCUT2D eigenvalue weighted by Crippen LogP contribution is 2.35. The van der Waals surface area contributed by atoms with Crippen molar-refractivity contribution in [1.29, 1.82) is 0 Å². The molecule has 0 radical (unpaired) electrons. The molecule has 0 unspecified atom stereocenters. The molecule has 0 spiro atoms. The number of carbonyl (C=O) groups is 1. The molecule has 1 aliphatic carbocycles. The van der Waals surface area contributed by atoms with Crippen molar-refractivity contribution < 1.29 is 9.72 Å². The summed E-state index contributed by atoms with van der Waals surface area (Å²) in [5.74, 6) is 0.712. The van der Waals surface area contributed by atoms with Crippen LogP contribution in [0.15, 0.2) is 48.5 Å². The van der Waals surface area contributed by atoms with E-state index < -0.39 is 0 Å². The lowest BCUT2D eigenvalue weighted by molar-refractivity contribution is -0.384. The van der Waals surface area contributed by atoms with Crippen LogP contribution in [0.3, 0.4) is 0 Å². The topological polar surface area (TPSA) is 63.5 Å². The number of carbonyl (C=O) groups excluding carboxylic acids is 1. The predicted octanol–water partition coefficient (Wildman–Crippen LogP) is 5.52. The first-order valence-electron chi connectivity index (χ1n) is 10.5. The molecule has 0 atom stereocenters. The lowest BCUT2D eigenvalue weighted by atomic mass is 9.81. The Balaban J connectivity index is 1.41. The number of rotatable bonds is 8. The molecule has 5 heteroatoms. The molecule has 0 aromatic heterocycles. The number of nitro benzene ring substituents is 1. The average Bonchev–Trinajstić information content (AvgIpc) is 2.74. The van der Waals surface area contributed by atoms with Crippen molar-refractivity contribution in [3.8, 4) is 0 Å². The molecule has 154 valence electrons. The molecule has 1 saturated carbocycles. The molecule has 0 N–H and O–H groups in total. The van der Waals surface area contributed by atoms with E-state index in [2.05, 4.69) is 11.9 Å². The molecule has 0 saturated heterocycles. The number of benzene rings is 2. The van der Waals surface area contributed by atoms with Crippen LogP contribution in [0.25, 0.3) is 0 Å². The van der Waals surface area contributed by atoms with Gasteiger partial charge in [-0.05, 0) is 64.1 Å². The summed E-state index contributed by atoms with van der Waals surface area (Å²) in [6.45, 7) is 2.96. The van der Waals surface area contributed by atoms with Crippen molar-refractivity contribution in [2.75, 3.05) is 13.6 Å². The third-order valence-corrected chi connectivity index (χ3v) is 6.18. The maximum atomic E-state index is 12.3. The summed E-state index contributed by atoms with van der Waals surface area (Å²) in [4.78, 5) is 25.2. The summed E-state index contributed by atoms with van der Waals surface area (Å²) >= 11 is 0. The summed E-state index contributed by atoms with van der Waals surface area (Å²) in [7, 11) is 2.16. The Morgan fingerprint density at radius 1 is 1.03 bits per heavy atom. The summed E-state index contributed by atoms with van der Waals surface area (Å²) in [5.41, 5.74) is 3.34. The van der Waals surface area contributed by atoms with E-state index in [1.54, 1.807) is 12.1 Å². The highest BCUT2D eigenvalue weighted by Gasteiger charge is 2.25. The van der Waals surface area contributed by atoms with Gasteiger partial charge in [-0.15, -0.1) is 0 Å². The van der Waals surface area contributed by atoms with E-state index in [0.29, 0.717) is 18.4 Å². The Morgan fingerprint density at radius 2 is 1.66 bits per heavy atom. The number of hydrogen-bond acceptors (Lipinski definition) is 4. The maximum Gasteiger partial charge on any atom is 0.269 e. The first-order valence-corrected chi connectivity index (χ1v) is 10.5. The van der Waals surface area contributed by atoms with E-state index in [1.807, 2.05) is 43.3 Å². The summed E-state index contributed by atoms with van der Waals surface area (Å²) < 4.78 is 0. The normalized spacial score (nSPS) is 19.3. The van der Waals surface area contributed by atoms with Gasteiger partial charge in [0.05, 0.1) is 4.92 Å². The number of nitrogens with zero attached hydrogens (tertiary/aromatic N) is 2. The minimum Gasteiger partial charge on any atom is -0.303 e. The SMILES string of the molecule is Cc1ccc(C(=O)CCCN(C)C2CCC(c3ccc([N+](=O)[O-])cc3)CC2)cc1. The van der Waals surface area contributed by atoms with Crippen LogP contribution < -0.4 is 0 Å². The lowest BCUT2D eigenvalue weighted by Crippen LogP contribution is -2.35. The van der Waals surface area contributed by atoms with Crippen LogP contribution >= 0.6 is 0 Å². The lowest BCUT2D eigenvalue weighted by Gasteiger charge is -2.35. The zero-order chi connectivity index (χ0) is 20.8. The Hall–Kier alpha value is -2.53. The van der Waals surface area contributed by atoms with Crippen molar-refractivity contribution in [2.24, 2.45) is 0 Å². The van der Waals surface area contributed by atoms with Gasteiger partial charge in [0.2, 0.25) is 0 Å². The maximum absolute atomic E-state index is 12.3. The van der Waals surface area contributed by atoms with Crippen molar-refractivity contribution in [3.05, 3.63) is 75.3 Å². The Kier molecular flexibility index (Phi) is 7.15. The number of Topliss-reactive ketones (excluding diaryl/α,β-unsaturated/α-hetero) is 1. The number of ketones is 1. The van der Waals surface area contributed by atoms with Crippen LogP contribution in [0, 0.1) is 17.0 Å². The van der Waals surface area contributed by atoms with Gasteiger partial charge >= 0.3 is 0 Å². The zero-order valence-electron chi connectivity index (χ0n) is 17.3. The Labute approximate surface area is 172 Å². The van der Waals surface area contributed by atoms with E-state index in [4.69, 9.17) is 0 Å². The number of hydrogen-bond donors (Lipinski definition) is 0. The molecule has 2 aromatic carbocycles. The van der Waals surface area contributed by atoms with E-state index >= 15 is 0 Å². The predicted molar refractivity (Wildman–Crippen MR) is 115 cm³/mol. The van der Waals surface area contributed by atoms with Gasteiger partial charge in [0.15, 0.2) is 5.78 Å². The summed E-state index contributed by atoms with van der Waals surface area (Å²) in [5, 5.41) is 10.8. The zero-order valence-corrected chi connectivity index (χ0v) is 17.3. The molecular formula is C24H30N2O3. The van der Waals surface area contributed by atoms with Crippen LogP contribution in [0.2, 0.25) is 0 Å². The standard InChI is InChI=1S/C24H30N2O3/c1-18-5-7-21(8-6-18)24(27)4-3-17-25(2)22-13-9-19(10-14-22)20-11-15-23(16-12-20)26(28)29/h5-8,11-12,15-16,19,22H,3-4,9-10,13-14,17H2,1-2H3. The molecule has 1 aliphatic rings. The van der Waals surface area contributed by atoms with Crippen molar-refractivity contribution in [1.82, 2.24) is 4.90 Å². The second kappa shape index (κ2) is 9.79. The highest BCUT2D eigenvalue weighted by atomic mass is 16.6. The molecule has 2 aromatic rings. The first-order chi connectivity index (χ1) is 13.9. The summed E-state index contributed by atoms with van der Waals surface area (Å²) in [6, 6.07) is 15.4. The third kappa shape index (κ3) is 5.73. The molecule has 1 fully saturated rings. The van der Waals surface area contributed by atoms with Gasteiger partial charge in [-0.1, -0.05) is 42.0 Å². The van der Waals surface area contributed by atoms with Crippen molar-refractivity contribution in [3.63, 3.8) is 0 Å². The first kappa shape index (κ1) is 21.2. The highest BCUT2D eigenvalue weighted by molar-refractivity contribution is 5.96. The number of non-ortho nitro benzene ring substituents is 1. The number of aryl methyl sites for hydroxylation is 1. The van der Waals surface area contributed by atoms with Crippen LogP contribution in [0.1, 0.15) is 65.9 Å². The number of nitro groups is 1. The molecule has 5 nitrogen and oxygen atoms in total. The van der Waals surface area contributed by atoms with Gasteiger partial charge in [0.25, 0.3) is 5.69 Å². The smallest absolute Gasteiger partial charge is 0.269 e. The quantitative estimate of drug-likeness (QED) is 0.336. The van der Waals surface area contributed by atoms with Crippen LogP contribution in [0.5, 0.6) is 0 Å². The minimum atomic E-state index is -0.348. The van der Waals surface area contributed by atoms with E-state index in [9.17, 15) is 14.9 Å². The van der Waals surface area contributed by atoms with Crippen molar-refractivity contribution in [2.45, 2.75) is 57.4 Å². The fraction of sp³-hybridized carbons (Fsp3) is 0.458. The van der Waals surface area contributed by atoms with Crippen LogP contribution in [-0.4, -0.2) is 35.2 Å². The second-order valence-corrected chi connectivity index (χ2v) is 8.23. The summed E-state index contributed by atoms with van der Waals surface area (Å²) in [6.07, 6.45) is 5.94. The van der Waals surface area contributed by atoms with Crippen molar-refractivity contribution >= 4 is 11.5 Å². The van der Waals surface area contributed by atoms with Crippen LogP contribution in [0.4, 0.5) is 5.69 Å². The van der Waals surface area contributed by atoms with E-state index in [1.165, 1.54) is 11.1 Å². The van der Waals surface area contributed by atoms with Gasteiger partial charge in [-0.25, -0.2) is 0 Å². The van der Waals surface area contributed by atoms with Gasteiger partial charge in [-0.2, -0.15) is 0 Å². The average molecular weight is 395 g/mol. The van der Waals surface area contributed by atoms with Gasteiger partial charge < -0.3 is 4.90 Å². The van der Waals surface area contributed by atoms with Gasteiger partial charge in [0.1, 0.15) is 0 Å². The fourth-order valence-electron chi connectivity index (χ4n) is 4.27. The molecule has 0 aliphatic heterocycles. The van der Waals surface area contributed by atoms with Gasteiger partial charge in [0, 0.05) is 30.2 Å². The molecule has 0 bridgehead atoms. The monoisotopic (exact) mass is 394 g/mol. The van der Waals surface area contributed by atoms with Gasteiger partial charge in [-0.3, -0.25) is 14.9 Å². The Morgan fingerprint density at radius 3 is 2.24 bits per heavy atom. The minimum absolute atomic E-state index is 0.155. The molecular weight excluding hydrogens is 364 g/mol. The molecule has 3 rings (SSSR count). The van der Waals surface area contributed by atoms with E-state index in [-0.39, 0.29) is 16.4 Å². The molecule has 0 heterocycles. The largest absolute Gasteiger partial charge is 0.303 e. The fourth-order valence-corrected chi connectivity index (χ4v) is 4.27. The third-order valence-electron chi connectivity index (χ3n) is 6.18. The van der Waals surface area contributed by atoms with Crippen LogP contribution in [-0.2, 0) is 0 Å². The Bertz CT molecular complexity index is 822. The molecule has 0 amide bonds. The second-order valence-electron chi connectivity index (χ2n) is 8.23.